The maximum Gasteiger partial charge on any atom is 0.0505 e. The van der Waals surface area contributed by atoms with E-state index in [1.807, 2.05) is 0 Å². The van der Waals surface area contributed by atoms with Gasteiger partial charge in [0.05, 0.1) is 6.61 Å². The van der Waals surface area contributed by atoms with Crippen LogP contribution in [0.5, 0.6) is 0 Å². The third-order valence-corrected chi connectivity index (χ3v) is 2.47. The normalized spacial score (nSPS) is 31.1. The van der Waals surface area contributed by atoms with Crippen molar-refractivity contribution in [1.82, 2.24) is 5.32 Å². The molecule has 0 bridgehead atoms. The van der Waals surface area contributed by atoms with Crippen LogP contribution in [0.4, 0.5) is 0 Å². The fourth-order valence-electron chi connectivity index (χ4n) is 1.88. The van der Waals surface area contributed by atoms with Gasteiger partial charge in [0.25, 0.3) is 0 Å². The summed E-state index contributed by atoms with van der Waals surface area (Å²) in [5, 5.41) is 3.51. The molecular weight excluding hydrogens is 138 g/mol. The zero-order valence-electron chi connectivity index (χ0n) is 7.60. The van der Waals surface area contributed by atoms with Gasteiger partial charge in [0.1, 0.15) is 0 Å². The lowest BCUT2D eigenvalue weighted by Crippen LogP contribution is -2.28. The summed E-state index contributed by atoms with van der Waals surface area (Å²) in [5.74, 6) is 0.764. The number of hydrogen-bond acceptors (Lipinski definition) is 2. The van der Waals surface area contributed by atoms with Gasteiger partial charge in [0, 0.05) is 13.2 Å². The monoisotopic (exact) mass is 157 g/mol. The minimum Gasteiger partial charge on any atom is -0.384 e. The van der Waals surface area contributed by atoms with Crippen LogP contribution in [0, 0.1) is 5.92 Å². The van der Waals surface area contributed by atoms with E-state index < -0.39 is 0 Å². The van der Waals surface area contributed by atoms with E-state index in [1.54, 1.807) is 7.11 Å². The van der Waals surface area contributed by atoms with Crippen LogP contribution in [0.1, 0.15) is 26.2 Å². The molecule has 11 heavy (non-hydrogen) atoms. The Morgan fingerprint density at radius 1 is 1.55 bits per heavy atom. The average molecular weight is 157 g/mol. The first-order chi connectivity index (χ1) is 5.38. The molecule has 0 spiro atoms. The lowest BCUT2D eigenvalue weighted by Gasteiger charge is -2.17. The summed E-state index contributed by atoms with van der Waals surface area (Å²) in [6, 6.07) is 0.722. The van der Waals surface area contributed by atoms with Crippen molar-refractivity contribution in [3.05, 3.63) is 0 Å². The molecule has 1 fully saturated rings. The van der Waals surface area contributed by atoms with E-state index in [9.17, 15) is 0 Å². The van der Waals surface area contributed by atoms with Crippen LogP contribution in [0.15, 0.2) is 0 Å². The van der Waals surface area contributed by atoms with Gasteiger partial charge >= 0.3 is 0 Å². The van der Waals surface area contributed by atoms with Crippen molar-refractivity contribution in [2.75, 3.05) is 20.3 Å². The van der Waals surface area contributed by atoms with Gasteiger partial charge < -0.3 is 10.1 Å². The molecule has 1 N–H and O–H groups in total. The van der Waals surface area contributed by atoms with E-state index in [2.05, 4.69) is 12.2 Å². The van der Waals surface area contributed by atoms with Crippen LogP contribution in [-0.2, 0) is 4.74 Å². The first kappa shape index (κ1) is 9.01. The number of nitrogens with one attached hydrogen (secondary N) is 1. The molecule has 0 aromatic rings. The van der Waals surface area contributed by atoms with Gasteiger partial charge in [0.15, 0.2) is 0 Å². The Hall–Kier alpha value is -0.0800. The molecule has 1 aliphatic rings. The van der Waals surface area contributed by atoms with E-state index in [1.165, 1.54) is 25.8 Å². The van der Waals surface area contributed by atoms with Gasteiger partial charge in [-0.2, -0.15) is 0 Å². The van der Waals surface area contributed by atoms with Crippen LogP contribution in [-0.4, -0.2) is 26.3 Å². The summed E-state index contributed by atoms with van der Waals surface area (Å²) in [7, 11) is 1.79. The van der Waals surface area contributed by atoms with Crippen LogP contribution < -0.4 is 5.32 Å². The molecule has 0 aromatic heterocycles. The van der Waals surface area contributed by atoms with Gasteiger partial charge in [0.2, 0.25) is 0 Å². The van der Waals surface area contributed by atoms with Crippen molar-refractivity contribution in [3.8, 4) is 0 Å². The minimum atomic E-state index is 0.722. The third kappa shape index (κ3) is 2.46. The highest BCUT2D eigenvalue weighted by Gasteiger charge is 2.25. The molecule has 0 saturated carbocycles. The number of rotatable bonds is 4. The molecule has 1 heterocycles. The second kappa shape index (κ2) is 4.73. The van der Waals surface area contributed by atoms with Gasteiger partial charge in [-0.1, -0.05) is 13.3 Å². The molecule has 0 radical (unpaired) electrons. The van der Waals surface area contributed by atoms with Crippen molar-refractivity contribution >= 4 is 0 Å². The smallest absolute Gasteiger partial charge is 0.0505 e. The molecular formula is C9H19NO. The van der Waals surface area contributed by atoms with Crippen LogP contribution in [0.3, 0.4) is 0 Å². The molecule has 2 heteroatoms. The largest absolute Gasteiger partial charge is 0.384 e. The van der Waals surface area contributed by atoms with E-state index >= 15 is 0 Å². The fraction of sp³-hybridized carbons (Fsp3) is 1.00. The Morgan fingerprint density at radius 3 is 3.00 bits per heavy atom. The highest BCUT2D eigenvalue weighted by Crippen LogP contribution is 2.19. The van der Waals surface area contributed by atoms with E-state index in [-0.39, 0.29) is 0 Å². The molecule has 2 atom stereocenters. The average Bonchev–Trinajstić information content (AvgIpc) is 2.39. The standard InChI is InChI=1S/C9H19NO/c1-3-4-9-8(7-11-2)5-6-10-9/h8-10H,3-7H2,1-2H3. The van der Waals surface area contributed by atoms with Crippen molar-refractivity contribution in [2.45, 2.75) is 32.2 Å². The molecule has 0 aliphatic carbocycles. The van der Waals surface area contributed by atoms with Crippen LogP contribution >= 0.6 is 0 Å². The first-order valence-corrected chi connectivity index (χ1v) is 4.60. The van der Waals surface area contributed by atoms with E-state index in [0.717, 1.165) is 18.6 Å². The fourth-order valence-corrected chi connectivity index (χ4v) is 1.88. The second-order valence-corrected chi connectivity index (χ2v) is 3.35. The predicted octanol–water partition coefficient (Wildman–Crippen LogP) is 1.41. The van der Waals surface area contributed by atoms with Crippen molar-refractivity contribution in [1.29, 1.82) is 0 Å². The summed E-state index contributed by atoms with van der Waals surface area (Å²) in [6.45, 7) is 4.35. The zero-order valence-corrected chi connectivity index (χ0v) is 7.60. The van der Waals surface area contributed by atoms with Crippen LogP contribution in [0.25, 0.3) is 0 Å². The Balaban J connectivity index is 2.25. The summed E-state index contributed by atoms with van der Waals surface area (Å²) in [5.41, 5.74) is 0. The minimum absolute atomic E-state index is 0.722. The maximum atomic E-state index is 5.16. The van der Waals surface area contributed by atoms with Gasteiger partial charge in [-0.25, -0.2) is 0 Å². The van der Waals surface area contributed by atoms with Crippen molar-refractivity contribution in [3.63, 3.8) is 0 Å². The Bertz CT molecular complexity index is 93.7. The summed E-state index contributed by atoms with van der Waals surface area (Å²) >= 11 is 0. The molecule has 1 saturated heterocycles. The second-order valence-electron chi connectivity index (χ2n) is 3.35. The van der Waals surface area contributed by atoms with Crippen molar-refractivity contribution < 1.29 is 4.74 Å². The van der Waals surface area contributed by atoms with E-state index in [0.29, 0.717) is 0 Å². The predicted molar refractivity (Wildman–Crippen MR) is 46.7 cm³/mol. The molecule has 0 aromatic carbocycles. The third-order valence-electron chi connectivity index (χ3n) is 2.47. The first-order valence-electron chi connectivity index (χ1n) is 4.60. The number of methoxy groups -OCH3 is 1. The lowest BCUT2D eigenvalue weighted by atomic mass is 9.98. The molecule has 66 valence electrons. The van der Waals surface area contributed by atoms with Gasteiger partial charge in [-0.3, -0.25) is 0 Å². The lowest BCUT2D eigenvalue weighted by molar-refractivity contribution is 0.143. The molecule has 0 amide bonds. The SMILES string of the molecule is CCCC1NCCC1COC. The topological polar surface area (TPSA) is 21.3 Å². The number of hydrogen-bond donors (Lipinski definition) is 1. The Morgan fingerprint density at radius 2 is 2.36 bits per heavy atom. The Kier molecular flexibility index (Phi) is 3.87. The zero-order chi connectivity index (χ0) is 8.10. The van der Waals surface area contributed by atoms with Crippen LogP contribution in [0.2, 0.25) is 0 Å². The molecule has 2 unspecified atom stereocenters. The summed E-state index contributed by atoms with van der Waals surface area (Å²) in [4.78, 5) is 0. The molecule has 1 rings (SSSR count). The molecule has 1 aliphatic heterocycles. The van der Waals surface area contributed by atoms with E-state index in [4.69, 9.17) is 4.74 Å². The van der Waals surface area contributed by atoms with Gasteiger partial charge in [-0.15, -0.1) is 0 Å². The highest BCUT2D eigenvalue weighted by atomic mass is 16.5. The van der Waals surface area contributed by atoms with Gasteiger partial charge in [-0.05, 0) is 25.3 Å². The summed E-state index contributed by atoms with van der Waals surface area (Å²) in [6.07, 6.45) is 3.87. The quantitative estimate of drug-likeness (QED) is 0.666. The number of ether oxygens (including phenoxy) is 1. The van der Waals surface area contributed by atoms with Crippen molar-refractivity contribution in [2.24, 2.45) is 5.92 Å². The highest BCUT2D eigenvalue weighted by molar-refractivity contribution is 4.82. The Labute approximate surface area is 69.3 Å². The summed E-state index contributed by atoms with van der Waals surface area (Å²) < 4.78 is 5.16. The maximum absolute atomic E-state index is 5.16. The molecule has 2 nitrogen and oxygen atoms in total.